The number of cyclic esters (lactones) is 1. The van der Waals surface area contributed by atoms with E-state index in [9.17, 15) is 20.1 Å². The number of phenols is 2. The van der Waals surface area contributed by atoms with Crippen LogP contribution in [0.3, 0.4) is 0 Å². The molecule has 2 heterocycles. The maximum atomic E-state index is 12.7. The molecule has 7 nitrogen and oxygen atoms in total. The molecular weight excluding hydrogens is 376 g/mol. The minimum absolute atomic E-state index is 0.0142. The van der Waals surface area contributed by atoms with Crippen LogP contribution in [0.5, 0.6) is 11.5 Å². The monoisotopic (exact) mass is 404 g/mol. The standard InChI is InChI=1S/C22H28O7/c1-12-8-9-16(24)20-18(28-22(3,4)29-20)7-5-6-14-10-15(23)11-17(25)19(14)21(26)27-13(12)2/h5-6,8-13,16,18,20,23-25H,7H2,1-4H3/t12-,13+,16?,18?,20?/m1/s1. The van der Waals surface area contributed by atoms with Gasteiger partial charge in [-0.3, -0.25) is 0 Å². The van der Waals surface area contributed by atoms with Gasteiger partial charge in [-0.05, 0) is 38.8 Å². The highest BCUT2D eigenvalue weighted by Crippen LogP contribution is 2.34. The van der Waals surface area contributed by atoms with E-state index in [0.29, 0.717) is 12.0 Å². The van der Waals surface area contributed by atoms with Crippen molar-refractivity contribution in [3.63, 3.8) is 0 Å². The Hall–Kier alpha value is -2.35. The van der Waals surface area contributed by atoms with E-state index in [0.717, 1.165) is 6.07 Å². The van der Waals surface area contributed by atoms with Gasteiger partial charge < -0.3 is 29.5 Å². The molecule has 1 aromatic carbocycles. The third-order valence-corrected chi connectivity index (χ3v) is 5.21. The van der Waals surface area contributed by atoms with Crippen LogP contribution in [-0.2, 0) is 14.2 Å². The lowest BCUT2D eigenvalue weighted by molar-refractivity contribution is -0.152. The van der Waals surface area contributed by atoms with Crippen molar-refractivity contribution >= 4 is 12.0 Å². The Morgan fingerprint density at radius 2 is 1.83 bits per heavy atom. The first-order valence-electron chi connectivity index (χ1n) is 9.73. The van der Waals surface area contributed by atoms with Gasteiger partial charge >= 0.3 is 5.97 Å². The summed E-state index contributed by atoms with van der Waals surface area (Å²) >= 11 is 0. The van der Waals surface area contributed by atoms with E-state index in [2.05, 4.69) is 0 Å². The number of benzene rings is 1. The number of rotatable bonds is 0. The lowest BCUT2D eigenvalue weighted by atomic mass is 9.99. The Kier molecular flexibility index (Phi) is 6.03. The molecule has 0 bridgehead atoms. The molecule has 29 heavy (non-hydrogen) atoms. The number of carbonyl (C=O) groups is 1. The van der Waals surface area contributed by atoms with Crippen molar-refractivity contribution in [1.29, 1.82) is 0 Å². The molecule has 0 radical (unpaired) electrons. The van der Waals surface area contributed by atoms with Gasteiger partial charge in [0.2, 0.25) is 0 Å². The maximum Gasteiger partial charge on any atom is 0.342 e. The van der Waals surface area contributed by atoms with E-state index >= 15 is 0 Å². The van der Waals surface area contributed by atoms with Crippen molar-refractivity contribution < 1.29 is 34.3 Å². The van der Waals surface area contributed by atoms with Crippen LogP contribution in [0.4, 0.5) is 0 Å². The van der Waals surface area contributed by atoms with Gasteiger partial charge in [0.25, 0.3) is 0 Å². The summed E-state index contributed by atoms with van der Waals surface area (Å²) in [6.07, 6.45) is 4.82. The van der Waals surface area contributed by atoms with Crippen LogP contribution in [0.1, 0.15) is 50.0 Å². The van der Waals surface area contributed by atoms with Gasteiger partial charge in [-0.2, -0.15) is 0 Å². The Labute approximate surface area is 170 Å². The summed E-state index contributed by atoms with van der Waals surface area (Å²) in [4.78, 5) is 12.7. The Morgan fingerprint density at radius 3 is 2.55 bits per heavy atom. The topological polar surface area (TPSA) is 105 Å². The summed E-state index contributed by atoms with van der Waals surface area (Å²) in [5.74, 6) is -2.24. The minimum Gasteiger partial charge on any atom is -0.508 e. The molecule has 0 amide bonds. The number of fused-ring (bicyclic) bond motifs is 2. The fourth-order valence-electron chi connectivity index (χ4n) is 3.54. The van der Waals surface area contributed by atoms with Gasteiger partial charge in [-0.25, -0.2) is 4.79 Å². The number of hydrogen-bond donors (Lipinski definition) is 3. The number of esters is 1. The van der Waals surface area contributed by atoms with Crippen LogP contribution in [-0.4, -0.2) is 51.5 Å². The normalized spacial score (nSPS) is 32.2. The third kappa shape index (κ3) is 4.80. The van der Waals surface area contributed by atoms with Crippen LogP contribution in [0.15, 0.2) is 30.4 Å². The number of aliphatic hydroxyl groups excluding tert-OH is 1. The van der Waals surface area contributed by atoms with E-state index in [1.807, 2.05) is 6.92 Å². The molecule has 2 aliphatic heterocycles. The largest absolute Gasteiger partial charge is 0.508 e. The second-order valence-corrected chi connectivity index (χ2v) is 8.05. The van der Waals surface area contributed by atoms with Gasteiger partial charge in [-0.1, -0.05) is 31.2 Å². The van der Waals surface area contributed by atoms with Crippen molar-refractivity contribution in [2.75, 3.05) is 0 Å². The number of phenolic OH excluding ortho intramolecular Hbond substituents is 2. The van der Waals surface area contributed by atoms with E-state index in [4.69, 9.17) is 14.2 Å². The fraction of sp³-hybridized carbons (Fsp3) is 0.500. The zero-order valence-corrected chi connectivity index (χ0v) is 17.0. The average molecular weight is 404 g/mol. The lowest BCUT2D eigenvalue weighted by Crippen LogP contribution is -2.34. The van der Waals surface area contributed by atoms with Gasteiger partial charge in [0.05, 0.1) is 6.10 Å². The zero-order chi connectivity index (χ0) is 21.3. The van der Waals surface area contributed by atoms with Gasteiger partial charge in [0.1, 0.15) is 35.4 Å². The molecule has 3 unspecified atom stereocenters. The molecule has 1 fully saturated rings. The van der Waals surface area contributed by atoms with Crippen molar-refractivity contribution in [3.8, 4) is 11.5 Å². The maximum absolute atomic E-state index is 12.7. The van der Waals surface area contributed by atoms with Crippen molar-refractivity contribution in [3.05, 3.63) is 41.5 Å². The first kappa shape index (κ1) is 21.4. The van der Waals surface area contributed by atoms with Gasteiger partial charge in [0.15, 0.2) is 5.79 Å². The van der Waals surface area contributed by atoms with Crippen molar-refractivity contribution in [1.82, 2.24) is 0 Å². The summed E-state index contributed by atoms with van der Waals surface area (Å²) in [5.41, 5.74) is 0.315. The van der Waals surface area contributed by atoms with E-state index in [1.54, 1.807) is 45.1 Å². The molecule has 0 saturated carbocycles. The van der Waals surface area contributed by atoms with Crippen LogP contribution in [0.25, 0.3) is 6.08 Å². The molecule has 5 atom stereocenters. The first-order valence-corrected chi connectivity index (χ1v) is 9.73. The second-order valence-electron chi connectivity index (χ2n) is 8.05. The molecule has 1 saturated heterocycles. The lowest BCUT2D eigenvalue weighted by Gasteiger charge is -2.22. The van der Waals surface area contributed by atoms with Crippen molar-refractivity contribution in [2.45, 2.75) is 64.3 Å². The average Bonchev–Trinajstić information content (AvgIpc) is 2.92. The number of aliphatic hydroxyl groups is 1. The van der Waals surface area contributed by atoms with Crippen LogP contribution in [0.2, 0.25) is 0 Å². The van der Waals surface area contributed by atoms with E-state index in [-0.39, 0.29) is 23.0 Å². The highest BCUT2D eigenvalue weighted by molar-refractivity contribution is 5.97. The quantitative estimate of drug-likeness (QED) is 0.451. The second kappa shape index (κ2) is 8.18. The Morgan fingerprint density at radius 1 is 1.10 bits per heavy atom. The molecule has 0 aromatic heterocycles. The zero-order valence-electron chi connectivity index (χ0n) is 17.0. The highest BCUT2D eigenvalue weighted by atomic mass is 16.8. The fourth-order valence-corrected chi connectivity index (χ4v) is 3.54. The number of carbonyl (C=O) groups excluding carboxylic acids is 1. The SMILES string of the molecule is C[C@@H]1C=CC(O)C2OC(C)(C)OC2CC=Cc2cc(O)cc(O)c2C(=O)O[C@H]1C. The molecule has 2 aliphatic rings. The Balaban J connectivity index is 2.02. The van der Waals surface area contributed by atoms with Crippen molar-refractivity contribution in [2.24, 2.45) is 5.92 Å². The predicted molar refractivity (Wildman–Crippen MR) is 106 cm³/mol. The van der Waals surface area contributed by atoms with Gasteiger partial charge in [0, 0.05) is 12.0 Å². The third-order valence-electron chi connectivity index (χ3n) is 5.21. The minimum atomic E-state index is -0.885. The molecule has 7 heteroatoms. The number of aromatic hydroxyl groups is 2. The van der Waals surface area contributed by atoms with Crippen LogP contribution < -0.4 is 0 Å². The molecule has 158 valence electrons. The van der Waals surface area contributed by atoms with Crippen LogP contribution in [0, 0.1) is 5.92 Å². The van der Waals surface area contributed by atoms with Gasteiger partial charge in [-0.15, -0.1) is 0 Å². The molecule has 1 aromatic rings. The highest BCUT2D eigenvalue weighted by Gasteiger charge is 2.43. The van der Waals surface area contributed by atoms with Crippen LogP contribution >= 0.6 is 0 Å². The predicted octanol–water partition coefficient (Wildman–Crippen LogP) is 3.13. The smallest absolute Gasteiger partial charge is 0.342 e. The summed E-state index contributed by atoms with van der Waals surface area (Å²) in [5, 5.41) is 30.7. The molecule has 3 rings (SSSR count). The number of ether oxygens (including phenoxy) is 3. The summed E-state index contributed by atoms with van der Waals surface area (Å²) in [6.45, 7) is 7.17. The Bertz CT molecular complexity index is 827. The summed E-state index contributed by atoms with van der Waals surface area (Å²) < 4.78 is 17.3. The number of hydrogen-bond acceptors (Lipinski definition) is 7. The summed E-state index contributed by atoms with van der Waals surface area (Å²) in [7, 11) is 0. The molecule has 0 aliphatic carbocycles. The molecule has 3 N–H and O–H groups in total. The molecule has 0 spiro atoms. The first-order chi connectivity index (χ1) is 13.6. The van der Waals surface area contributed by atoms with E-state index in [1.165, 1.54) is 6.07 Å². The van der Waals surface area contributed by atoms with E-state index < -0.39 is 36.2 Å². The summed E-state index contributed by atoms with van der Waals surface area (Å²) in [6, 6.07) is 2.49. The molecular formula is C22H28O7.